The lowest BCUT2D eigenvalue weighted by atomic mass is 10.1. The Bertz CT molecular complexity index is 583. The number of nitrogen functional groups attached to an aromatic ring is 1. The molecule has 2 N–H and O–H groups in total. The molecule has 0 aliphatic heterocycles. The van der Waals surface area contributed by atoms with Crippen molar-refractivity contribution in [2.24, 2.45) is 7.05 Å². The summed E-state index contributed by atoms with van der Waals surface area (Å²) in [5.41, 5.74) is 8.04. The molecule has 0 aliphatic carbocycles. The number of aryl methyl sites for hydroxylation is 1. The van der Waals surface area contributed by atoms with E-state index in [4.69, 9.17) is 10.7 Å². The number of nitrogens with zero attached hydrogens (tertiary/aromatic N) is 4. The molecule has 0 spiro atoms. The topological polar surface area (TPSA) is 61.7 Å². The number of nitrogens with two attached hydrogens (primary N) is 1. The molecule has 0 atom stereocenters. The van der Waals surface area contributed by atoms with Crippen LogP contribution in [-0.2, 0) is 12.6 Å². The summed E-state index contributed by atoms with van der Waals surface area (Å²) in [6.07, 6.45) is 3.74. The smallest absolute Gasteiger partial charge is 0.132 e. The SMILES string of the molecule is CC(C)c1nc(-c2cnn(C)c2)c(N)n1C(C)(C)C. The van der Waals surface area contributed by atoms with Crippen molar-refractivity contribution < 1.29 is 0 Å². The van der Waals surface area contributed by atoms with Gasteiger partial charge in [-0.15, -0.1) is 0 Å². The summed E-state index contributed by atoms with van der Waals surface area (Å²) in [6.45, 7) is 10.7. The Morgan fingerprint density at radius 2 is 1.89 bits per heavy atom. The lowest BCUT2D eigenvalue weighted by Gasteiger charge is -2.26. The molecule has 0 unspecified atom stereocenters. The minimum Gasteiger partial charge on any atom is -0.383 e. The van der Waals surface area contributed by atoms with Gasteiger partial charge in [0.1, 0.15) is 17.3 Å². The van der Waals surface area contributed by atoms with E-state index in [2.05, 4.69) is 44.3 Å². The van der Waals surface area contributed by atoms with Crippen molar-refractivity contribution in [1.29, 1.82) is 0 Å². The van der Waals surface area contributed by atoms with E-state index in [-0.39, 0.29) is 5.54 Å². The summed E-state index contributed by atoms with van der Waals surface area (Å²) < 4.78 is 3.89. The van der Waals surface area contributed by atoms with Crippen LogP contribution in [-0.4, -0.2) is 19.3 Å². The summed E-state index contributed by atoms with van der Waals surface area (Å²) in [7, 11) is 1.89. The average molecular weight is 261 g/mol. The van der Waals surface area contributed by atoms with Gasteiger partial charge in [0, 0.05) is 30.3 Å². The molecule has 0 fully saturated rings. The van der Waals surface area contributed by atoms with Crippen LogP contribution in [0.3, 0.4) is 0 Å². The number of anilines is 1. The number of rotatable bonds is 2. The third-order valence-electron chi connectivity index (χ3n) is 3.10. The van der Waals surface area contributed by atoms with Crippen LogP contribution in [0, 0.1) is 0 Å². The Kier molecular flexibility index (Phi) is 3.16. The number of imidazole rings is 1. The fourth-order valence-electron chi connectivity index (χ4n) is 2.30. The van der Waals surface area contributed by atoms with E-state index in [0.717, 1.165) is 17.1 Å². The van der Waals surface area contributed by atoms with Crippen LogP contribution in [0.4, 0.5) is 5.82 Å². The van der Waals surface area contributed by atoms with Gasteiger partial charge in [-0.1, -0.05) is 13.8 Å². The first-order chi connectivity index (χ1) is 8.71. The molecule has 0 aliphatic rings. The van der Waals surface area contributed by atoms with Crippen molar-refractivity contribution >= 4 is 5.82 Å². The summed E-state index contributed by atoms with van der Waals surface area (Å²) in [6, 6.07) is 0. The Balaban J connectivity index is 2.65. The molecule has 0 bridgehead atoms. The molecule has 2 aromatic rings. The molecule has 2 aromatic heterocycles. The summed E-state index contributed by atoms with van der Waals surface area (Å²) >= 11 is 0. The second kappa shape index (κ2) is 4.40. The average Bonchev–Trinajstić information content (AvgIpc) is 2.80. The van der Waals surface area contributed by atoms with Gasteiger partial charge in [-0.2, -0.15) is 5.10 Å². The predicted molar refractivity (Wildman–Crippen MR) is 77.9 cm³/mol. The van der Waals surface area contributed by atoms with Crippen molar-refractivity contribution in [3.8, 4) is 11.3 Å². The van der Waals surface area contributed by atoms with E-state index in [0.29, 0.717) is 11.7 Å². The molecular formula is C14H23N5. The van der Waals surface area contributed by atoms with Crippen LogP contribution in [0.25, 0.3) is 11.3 Å². The second-order valence-electron chi connectivity index (χ2n) is 6.27. The van der Waals surface area contributed by atoms with Crippen molar-refractivity contribution in [3.05, 3.63) is 18.2 Å². The standard InChI is InChI=1S/C14H23N5/c1-9(2)13-17-11(10-7-16-18(6)8-10)12(15)19(13)14(3,4)5/h7-9H,15H2,1-6H3. The molecule has 5 nitrogen and oxygen atoms in total. The van der Waals surface area contributed by atoms with Crippen molar-refractivity contribution in [3.63, 3.8) is 0 Å². The monoisotopic (exact) mass is 261 g/mol. The minimum atomic E-state index is -0.0862. The third-order valence-corrected chi connectivity index (χ3v) is 3.10. The molecule has 0 amide bonds. The summed E-state index contributed by atoms with van der Waals surface area (Å²) in [4.78, 5) is 4.74. The fourth-order valence-corrected chi connectivity index (χ4v) is 2.30. The van der Waals surface area contributed by atoms with Crippen molar-refractivity contribution in [2.75, 3.05) is 5.73 Å². The van der Waals surface area contributed by atoms with Crippen LogP contribution in [0.2, 0.25) is 0 Å². The predicted octanol–water partition coefficient (Wildman–Crippen LogP) is 2.74. The maximum Gasteiger partial charge on any atom is 0.132 e. The summed E-state index contributed by atoms with van der Waals surface area (Å²) in [5.74, 6) is 2.06. The maximum absolute atomic E-state index is 6.33. The Morgan fingerprint density at radius 3 is 2.26 bits per heavy atom. The molecular weight excluding hydrogens is 238 g/mol. The van der Waals surface area contributed by atoms with Gasteiger partial charge in [0.05, 0.1) is 6.20 Å². The van der Waals surface area contributed by atoms with Crippen LogP contribution in [0.15, 0.2) is 12.4 Å². The van der Waals surface area contributed by atoms with E-state index in [1.165, 1.54) is 0 Å². The molecule has 0 radical (unpaired) electrons. The largest absolute Gasteiger partial charge is 0.383 e. The molecule has 104 valence electrons. The lowest BCUT2D eigenvalue weighted by Crippen LogP contribution is -2.26. The first-order valence-corrected chi connectivity index (χ1v) is 6.59. The number of aromatic nitrogens is 4. The molecule has 5 heteroatoms. The van der Waals surface area contributed by atoms with Crippen LogP contribution in [0.1, 0.15) is 46.4 Å². The fraction of sp³-hybridized carbons (Fsp3) is 0.571. The van der Waals surface area contributed by atoms with Crippen LogP contribution >= 0.6 is 0 Å². The number of hydrogen-bond donors (Lipinski definition) is 1. The molecule has 19 heavy (non-hydrogen) atoms. The molecule has 0 aromatic carbocycles. The van der Waals surface area contributed by atoms with E-state index < -0.39 is 0 Å². The van der Waals surface area contributed by atoms with Crippen LogP contribution < -0.4 is 5.73 Å². The van der Waals surface area contributed by atoms with E-state index in [1.807, 2.05) is 13.2 Å². The highest BCUT2D eigenvalue weighted by atomic mass is 15.2. The first kappa shape index (κ1) is 13.6. The van der Waals surface area contributed by atoms with Gasteiger partial charge in [0.15, 0.2) is 0 Å². The number of hydrogen-bond acceptors (Lipinski definition) is 3. The van der Waals surface area contributed by atoms with Gasteiger partial charge < -0.3 is 10.3 Å². The summed E-state index contributed by atoms with van der Waals surface area (Å²) in [5, 5.41) is 4.19. The Morgan fingerprint density at radius 1 is 1.26 bits per heavy atom. The zero-order valence-electron chi connectivity index (χ0n) is 12.6. The highest BCUT2D eigenvalue weighted by Gasteiger charge is 2.26. The third kappa shape index (κ3) is 2.37. The van der Waals surface area contributed by atoms with Gasteiger partial charge in [-0.25, -0.2) is 4.98 Å². The quantitative estimate of drug-likeness (QED) is 0.904. The molecule has 2 heterocycles. The van der Waals surface area contributed by atoms with Gasteiger partial charge in [-0.05, 0) is 20.8 Å². The zero-order valence-corrected chi connectivity index (χ0v) is 12.6. The lowest BCUT2D eigenvalue weighted by molar-refractivity contribution is 0.382. The highest BCUT2D eigenvalue weighted by Crippen LogP contribution is 2.33. The first-order valence-electron chi connectivity index (χ1n) is 6.59. The highest BCUT2D eigenvalue weighted by molar-refractivity contribution is 5.70. The van der Waals surface area contributed by atoms with Crippen molar-refractivity contribution in [2.45, 2.75) is 46.1 Å². The molecule has 0 saturated heterocycles. The van der Waals surface area contributed by atoms with E-state index in [1.54, 1.807) is 10.9 Å². The van der Waals surface area contributed by atoms with Gasteiger partial charge in [0.25, 0.3) is 0 Å². The van der Waals surface area contributed by atoms with Crippen LogP contribution in [0.5, 0.6) is 0 Å². The van der Waals surface area contributed by atoms with Gasteiger partial charge in [0.2, 0.25) is 0 Å². The minimum absolute atomic E-state index is 0.0862. The van der Waals surface area contributed by atoms with Crippen molar-refractivity contribution in [1.82, 2.24) is 19.3 Å². The van der Waals surface area contributed by atoms with Gasteiger partial charge >= 0.3 is 0 Å². The maximum atomic E-state index is 6.33. The second-order valence-corrected chi connectivity index (χ2v) is 6.27. The molecule has 2 rings (SSSR count). The normalized spacial score (nSPS) is 12.4. The Labute approximate surface area is 114 Å². The van der Waals surface area contributed by atoms with E-state index >= 15 is 0 Å². The Hall–Kier alpha value is -1.78. The molecule has 0 saturated carbocycles. The van der Waals surface area contributed by atoms with E-state index in [9.17, 15) is 0 Å². The van der Waals surface area contributed by atoms with Gasteiger partial charge in [-0.3, -0.25) is 4.68 Å². The zero-order chi connectivity index (χ0) is 14.4.